The fourth-order valence-electron chi connectivity index (χ4n) is 0. The first-order chi connectivity index (χ1) is 2.41. The van der Waals surface area contributed by atoms with Crippen LogP contribution in [0.3, 0.4) is 0 Å². The molecule has 5 N–H and O–H groups in total. The maximum atomic E-state index is 5.86. The molecule has 0 heterocycles. The molecule has 0 aliphatic carbocycles. The predicted octanol–water partition coefficient (Wildman–Crippen LogP) is 0.363. The Kier molecular flexibility index (Phi) is 237. The molecule has 0 radical (unpaired) electrons. The fraction of sp³-hybridized carbons (Fsp3) is 0.500. The van der Waals surface area contributed by atoms with Gasteiger partial charge in [0.05, 0.1) is 6.34 Å². The van der Waals surface area contributed by atoms with Gasteiger partial charge in [0.2, 0.25) is 0 Å². The van der Waals surface area contributed by atoms with E-state index >= 15 is 0 Å². The first-order valence-corrected chi connectivity index (χ1v) is 1.20. The standard InChI is InChI=1S/CH4N2.CH5N.2HI/c2-1-3;1-2;;/h1H,(H3,2,3);2H2,1H3;2*1H. The molecule has 0 bridgehead atoms. The second kappa shape index (κ2) is 66.9. The molecule has 7 heavy (non-hydrogen) atoms. The normalized spacial score (nSPS) is 2.57. The smallest absolute Gasteiger partial charge is 0.0765 e. The summed E-state index contributed by atoms with van der Waals surface area (Å²) in [6, 6.07) is 0. The molecule has 0 aliphatic heterocycles. The van der Waals surface area contributed by atoms with Crippen LogP contribution in [0.2, 0.25) is 0 Å². The Labute approximate surface area is 77.8 Å². The summed E-state index contributed by atoms with van der Waals surface area (Å²) in [5.74, 6) is 0. The highest BCUT2D eigenvalue weighted by molar-refractivity contribution is 14.0. The number of hydrogen-bond donors (Lipinski definition) is 3. The molecule has 0 amide bonds. The minimum absolute atomic E-state index is 0. The van der Waals surface area contributed by atoms with Crippen molar-refractivity contribution in [2.45, 2.75) is 0 Å². The zero-order chi connectivity index (χ0) is 4.71. The monoisotopic (exact) mass is 331 g/mol. The van der Waals surface area contributed by atoms with Crippen LogP contribution < -0.4 is 11.5 Å². The number of halogens is 2. The Morgan fingerprint density at radius 2 is 1.29 bits per heavy atom. The van der Waals surface area contributed by atoms with Crippen LogP contribution in [-0.2, 0) is 0 Å². The summed E-state index contributed by atoms with van der Waals surface area (Å²) in [6.45, 7) is 0. The number of nitrogens with two attached hydrogens (primary N) is 2. The van der Waals surface area contributed by atoms with Gasteiger partial charge in [-0.3, -0.25) is 5.41 Å². The predicted molar refractivity (Wildman–Crippen MR) is 53.9 cm³/mol. The lowest BCUT2D eigenvalue weighted by molar-refractivity contribution is 1.48. The lowest BCUT2D eigenvalue weighted by Gasteiger charge is -1.38. The molecule has 0 spiro atoms. The molecule has 0 fully saturated rings. The maximum absolute atomic E-state index is 5.86. The van der Waals surface area contributed by atoms with E-state index in [0.717, 1.165) is 6.34 Å². The van der Waals surface area contributed by atoms with Crippen molar-refractivity contribution in [2.75, 3.05) is 7.05 Å². The van der Waals surface area contributed by atoms with Gasteiger partial charge >= 0.3 is 0 Å². The molecule has 0 unspecified atom stereocenters. The molecule has 3 nitrogen and oxygen atoms in total. The SMILES string of the molecule is CN.I.I.N=CN. The number of rotatable bonds is 0. The van der Waals surface area contributed by atoms with E-state index in [4.69, 9.17) is 5.41 Å². The topological polar surface area (TPSA) is 75.9 Å². The van der Waals surface area contributed by atoms with Gasteiger partial charge in [-0.1, -0.05) is 0 Å². The van der Waals surface area contributed by atoms with Gasteiger partial charge in [0.1, 0.15) is 0 Å². The summed E-state index contributed by atoms with van der Waals surface area (Å²) >= 11 is 0. The van der Waals surface area contributed by atoms with Crippen molar-refractivity contribution < 1.29 is 0 Å². The van der Waals surface area contributed by atoms with Gasteiger partial charge in [0.25, 0.3) is 0 Å². The highest BCUT2D eigenvalue weighted by atomic mass is 127. The van der Waals surface area contributed by atoms with Crippen molar-refractivity contribution in [1.82, 2.24) is 0 Å². The van der Waals surface area contributed by atoms with E-state index in [1.165, 1.54) is 7.05 Å². The van der Waals surface area contributed by atoms with Gasteiger partial charge in [-0.05, 0) is 7.05 Å². The second-order valence-corrected chi connectivity index (χ2v) is 0.167. The second-order valence-electron chi connectivity index (χ2n) is 0.167. The van der Waals surface area contributed by atoms with Crippen LogP contribution in [0.4, 0.5) is 0 Å². The molecule has 0 saturated carbocycles. The first kappa shape index (κ1) is 24.8. The minimum Gasteiger partial charge on any atom is -0.390 e. The third-order valence-corrected chi connectivity index (χ3v) is 0. The molecular formula is C2H11I2N3. The van der Waals surface area contributed by atoms with Crippen LogP contribution in [0.15, 0.2) is 0 Å². The summed E-state index contributed by atoms with van der Waals surface area (Å²) in [6.07, 6.45) is 0.750. The molecule has 48 valence electrons. The van der Waals surface area contributed by atoms with Crippen LogP contribution in [0.5, 0.6) is 0 Å². The van der Waals surface area contributed by atoms with Gasteiger partial charge in [0.15, 0.2) is 0 Å². The lowest BCUT2D eigenvalue weighted by Crippen LogP contribution is -1.81. The Morgan fingerprint density at radius 1 is 1.29 bits per heavy atom. The Balaban J connectivity index is -0.0000000105. The molecule has 5 heteroatoms. The average Bonchev–Trinajstić information content (AvgIpc) is 1.46. The van der Waals surface area contributed by atoms with Gasteiger partial charge in [-0.15, -0.1) is 48.0 Å². The van der Waals surface area contributed by atoms with Crippen LogP contribution >= 0.6 is 48.0 Å². The highest BCUT2D eigenvalue weighted by Gasteiger charge is 1.10. The zero-order valence-corrected chi connectivity index (χ0v) is 8.71. The van der Waals surface area contributed by atoms with E-state index < -0.39 is 0 Å². The molecule has 0 aromatic heterocycles. The van der Waals surface area contributed by atoms with Gasteiger partial charge < -0.3 is 11.5 Å². The maximum Gasteiger partial charge on any atom is 0.0765 e. The van der Waals surface area contributed by atoms with Crippen molar-refractivity contribution in [3.8, 4) is 0 Å². The van der Waals surface area contributed by atoms with Gasteiger partial charge in [-0.2, -0.15) is 0 Å². The van der Waals surface area contributed by atoms with E-state index in [0.29, 0.717) is 0 Å². The summed E-state index contributed by atoms with van der Waals surface area (Å²) in [5, 5.41) is 5.86. The van der Waals surface area contributed by atoms with Crippen molar-refractivity contribution in [2.24, 2.45) is 11.5 Å². The quantitative estimate of drug-likeness (QED) is 0.341. The van der Waals surface area contributed by atoms with Crippen LogP contribution in [0.25, 0.3) is 0 Å². The average molecular weight is 331 g/mol. The summed E-state index contributed by atoms with van der Waals surface area (Å²) in [5.41, 5.74) is 8.89. The molecule has 0 aliphatic rings. The zero-order valence-electron chi connectivity index (χ0n) is 4.05. The first-order valence-electron chi connectivity index (χ1n) is 1.20. The van der Waals surface area contributed by atoms with E-state index in [1.807, 2.05) is 0 Å². The van der Waals surface area contributed by atoms with Crippen LogP contribution in [0, 0.1) is 5.41 Å². The van der Waals surface area contributed by atoms with E-state index in [1.54, 1.807) is 0 Å². The Morgan fingerprint density at radius 3 is 1.29 bits per heavy atom. The van der Waals surface area contributed by atoms with Gasteiger partial charge in [-0.25, -0.2) is 0 Å². The molecule has 0 rings (SSSR count). The Bertz CT molecular complexity index is 18.4. The third-order valence-electron chi connectivity index (χ3n) is 0. The number of nitrogens with one attached hydrogen (secondary N) is 1. The number of hydrogen-bond acceptors (Lipinski definition) is 2. The molecule has 0 atom stereocenters. The van der Waals surface area contributed by atoms with Crippen LogP contribution in [0.1, 0.15) is 0 Å². The van der Waals surface area contributed by atoms with E-state index in [9.17, 15) is 0 Å². The van der Waals surface area contributed by atoms with Gasteiger partial charge in [0, 0.05) is 0 Å². The largest absolute Gasteiger partial charge is 0.390 e. The minimum atomic E-state index is 0. The van der Waals surface area contributed by atoms with Crippen LogP contribution in [-0.4, -0.2) is 13.4 Å². The third kappa shape index (κ3) is 208. The van der Waals surface area contributed by atoms with E-state index in [-0.39, 0.29) is 48.0 Å². The lowest BCUT2D eigenvalue weighted by atomic mass is 11.4. The molecule has 0 saturated heterocycles. The molecule has 0 aromatic rings. The van der Waals surface area contributed by atoms with Crippen molar-refractivity contribution in [3.05, 3.63) is 0 Å². The molecule has 0 aromatic carbocycles. The Hall–Kier alpha value is 0.890. The fourth-order valence-corrected chi connectivity index (χ4v) is 0. The highest BCUT2D eigenvalue weighted by Crippen LogP contribution is 0.887. The summed E-state index contributed by atoms with van der Waals surface area (Å²) in [7, 11) is 1.50. The molecular weight excluding hydrogens is 320 g/mol. The summed E-state index contributed by atoms with van der Waals surface area (Å²) < 4.78 is 0. The summed E-state index contributed by atoms with van der Waals surface area (Å²) in [4.78, 5) is 0. The van der Waals surface area contributed by atoms with Crippen molar-refractivity contribution in [3.63, 3.8) is 0 Å². The van der Waals surface area contributed by atoms with E-state index in [2.05, 4.69) is 11.5 Å². The van der Waals surface area contributed by atoms with Crippen molar-refractivity contribution >= 4 is 54.3 Å². The van der Waals surface area contributed by atoms with Crippen molar-refractivity contribution in [1.29, 1.82) is 5.41 Å².